The molecule has 0 bridgehead atoms. The topological polar surface area (TPSA) is 49.4 Å². The minimum absolute atomic E-state index is 0.00798. The zero-order chi connectivity index (χ0) is 15.7. The van der Waals surface area contributed by atoms with E-state index in [0.717, 1.165) is 6.07 Å². The molecule has 0 radical (unpaired) electrons. The van der Waals surface area contributed by atoms with Gasteiger partial charge in [-0.15, -0.1) is 0 Å². The van der Waals surface area contributed by atoms with Crippen molar-refractivity contribution in [3.05, 3.63) is 35.4 Å². The quantitative estimate of drug-likeness (QED) is 0.924. The van der Waals surface area contributed by atoms with E-state index in [4.69, 9.17) is 0 Å². The maximum atomic E-state index is 12.9. The van der Waals surface area contributed by atoms with Crippen molar-refractivity contribution in [2.45, 2.75) is 24.9 Å². The van der Waals surface area contributed by atoms with Crippen molar-refractivity contribution in [1.29, 1.82) is 0 Å². The Morgan fingerprint density at radius 3 is 2.62 bits per heavy atom. The van der Waals surface area contributed by atoms with Crippen molar-refractivity contribution in [3.63, 3.8) is 0 Å². The molecule has 8 heteroatoms. The van der Waals surface area contributed by atoms with E-state index in [1.54, 1.807) is 0 Å². The lowest BCUT2D eigenvalue weighted by atomic mass is 10.1. The third kappa shape index (κ3) is 3.96. The first-order valence-corrected chi connectivity index (χ1v) is 8.17. The molecule has 1 aromatic rings. The van der Waals surface area contributed by atoms with Crippen molar-refractivity contribution >= 4 is 10.0 Å². The van der Waals surface area contributed by atoms with Gasteiger partial charge in [0.1, 0.15) is 0 Å². The third-order valence-corrected chi connectivity index (χ3v) is 5.18. The Morgan fingerprint density at radius 1 is 1.33 bits per heavy atom. The highest BCUT2D eigenvalue weighted by molar-refractivity contribution is 7.88. The zero-order valence-electron chi connectivity index (χ0n) is 11.5. The highest BCUT2D eigenvalue weighted by atomic mass is 32.2. The van der Waals surface area contributed by atoms with Crippen LogP contribution in [0.3, 0.4) is 0 Å². The van der Waals surface area contributed by atoms with Crippen molar-refractivity contribution in [2.75, 3.05) is 19.6 Å². The van der Waals surface area contributed by atoms with Gasteiger partial charge in [0.2, 0.25) is 10.0 Å². The summed E-state index contributed by atoms with van der Waals surface area (Å²) in [5.74, 6) is -0.630. The Labute approximate surface area is 122 Å². The third-order valence-electron chi connectivity index (χ3n) is 3.39. The maximum absolute atomic E-state index is 12.9. The van der Waals surface area contributed by atoms with Gasteiger partial charge >= 0.3 is 6.18 Å². The number of sulfonamides is 1. The Kier molecular flexibility index (Phi) is 4.60. The van der Waals surface area contributed by atoms with Crippen LogP contribution in [0.1, 0.15) is 18.1 Å². The van der Waals surface area contributed by atoms with Crippen LogP contribution in [0.15, 0.2) is 24.3 Å². The number of rotatable bonds is 3. The second-order valence-corrected chi connectivity index (χ2v) is 7.09. The van der Waals surface area contributed by atoms with E-state index in [9.17, 15) is 21.6 Å². The Bertz CT molecular complexity index is 602. The number of benzene rings is 1. The Morgan fingerprint density at radius 2 is 2.00 bits per heavy atom. The summed E-state index contributed by atoms with van der Waals surface area (Å²) in [5.41, 5.74) is -1.10. The maximum Gasteiger partial charge on any atom is 0.416 e. The second kappa shape index (κ2) is 5.94. The second-order valence-electron chi connectivity index (χ2n) is 5.12. The van der Waals surface area contributed by atoms with Crippen molar-refractivity contribution < 1.29 is 21.6 Å². The van der Waals surface area contributed by atoms with Gasteiger partial charge in [-0.1, -0.05) is 18.2 Å². The largest absolute Gasteiger partial charge is 0.416 e. The molecular weight excluding hydrogens is 305 g/mol. The van der Waals surface area contributed by atoms with Gasteiger partial charge in [-0.3, -0.25) is 0 Å². The molecule has 1 aliphatic heterocycles. The van der Waals surface area contributed by atoms with Crippen molar-refractivity contribution in [3.8, 4) is 0 Å². The average Bonchev–Trinajstić information content (AvgIpc) is 2.37. The van der Waals surface area contributed by atoms with Gasteiger partial charge < -0.3 is 5.32 Å². The van der Waals surface area contributed by atoms with Crippen LogP contribution >= 0.6 is 0 Å². The molecule has 1 N–H and O–H groups in total. The number of halogens is 3. The first kappa shape index (κ1) is 16.3. The van der Waals surface area contributed by atoms with Crippen LogP contribution in [-0.2, 0) is 22.0 Å². The van der Waals surface area contributed by atoms with E-state index in [-0.39, 0.29) is 24.7 Å². The fourth-order valence-corrected chi connectivity index (χ4v) is 4.01. The molecule has 1 heterocycles. The van der Waals surface area contributed by atoms with Crippen LogP contribution in [0.2, 0.25) is 0 Å². The molecule has 118 valence electrons. The van der Waals surface area contributed by atoms with Gasteiger partial charge in [-0.25, -0.2) is 8.42 Å². The molecule has 1 saturated heterocycles. The number of alkyl halides is 3. The number of hydrogen-bond acceptors (Lipinski definition) is 3. The van der Waals surface area contributed by atoms with Crippen LogP contribution in [-0.4, -0.2) is 38.4 Å². The number of nitrogens with one attached hydrogen (secondary N) is 1. The van der Waals surface area contributed by atoms with Crippen molar-refractivity contribution in [2.24, 2.45) is 0 Å². The first-order chi connectivity index (χ1) is 9.70. The van der Waals surface area contributed by atoms with E-state index in [2.05, 4.69) is 5.32 Å². The van der Waals surface area contributed by atoms with E-state index in [0.29, 0.717) is 6.54 Å². The van der Waals surface area contributed by atoms with Gasteiger partial charge in [0, 0.05) is 25.7 Å². The molecule has 1 aliphatic rings. The van der Waals surface area contributed by atoms with E-state index >= 15 is 0 Å². The Hall–Kier alpha value is -1.12. The molecular formula is C13H17F3N2O2S. The predicted molar refractivity (Wildman–Crippen MR) is 73.1 cm³/mol. The molecule has 0 aromatic heterocycles. The SMILES string of the molecule is C[C@H]1CN(S(=O)(=O)Cc2ccccc2C(F)(F)F)CCN1. The highest BCUT2D eigenvalue weighted by Crippen LogP contribution is 2.33. The molecule has 1 fully saturated rings. The molecule has 21 heavy (non-hydrogen) atoms. The molecule has 0 unspecified atom stereocenters. The predicted octanol–water partition coefficient (Wildman–Crippen LogP) is 1.83. The van der Waals surface area contributed by atoms with Gasteiger partial charge in [-0.2, -0.15) is 17.5 Å². The zero-order valence-corrected chi connectivity index (χ0v) is 12.3. The molecule has 1 aromatic carbocycles. The normalized spacial score (nSPS) is 21.4. The van der Waals surface area contributed by atoms with E-state index in [1.165, 1.54) is 22.5 Å². The van der Waals surface area contributed by atoms with Crippen LogP contribution in [0.25, 0.3) is 0 Å². The lowest BCUT2D eigenvalue weighted by Crippen LogP contribution is -2.51. The summed E-state index contributed by atoms with van der Waals surface area (Å²) in [6.45, 7) is 2.89. The standard InChI is InChI=1S/C13H17F3N2O2S/c1-10-8-18(7-6-17-10)21(19,20)9-11-4-2-3-5-12(11)13(14,15)16/h2-5,10,17H,6-9H2,1H3/t10-/m0/s1. The lowest BCUT2D eigenvalue weighted by molar-refractivity contribution is -0.138. The monoisotopic (exact) mass is 322 g/mol. The number of nitrogens with zero attached hydrogens (tertiary/aromatic N) is 1. The highest BCUT2D eigenvalue weighted by Gasteiger charge is 2.35. The molecule has 1 atom stereocenters. The van der Waals surface area contributed by atoms with Gasteiger partial charge in [0.15, 0.2) is 0 Å². The molecule has 4 nitrogen and oxygen atoms in total. The number of piperazine rings is 1. The minimum atomic E-state index is -4.55. The molecule has 0 aliphatic carbocycles. The molecule has 0 amide bonds. The van der Waals surface area contributed by atoms with Gasteiger partial charge in [0.05, 0.1) is 11.3 Å². The van der Waals surface area contributed by atoms with Gasteiger partial charge in [0.25, 0.3) is 0 Å². The van der Waals surface area contributed by atoms with E-state index in [1.807, 2.05) is 6.92 Å². The van der Waals surface area contributed by atoms with Crippen LogP contribution < -0.4 is 5.32 Å². The number of hydrogen-bond donors (Lipinski definition) is 1. The summed E-state index contributed by atoms with van der Waals surface area (Å²) in [4.78, 5) is 0. The smallest absolute Gasteiger partial charge is 0.312 e. The Balaban J connectivity index is 2.25. The summed E-state index contributed by atoms with van der Waals surface area (Å²) >= 11 is 0. The van der Waals surface area contributed by atoms with Crippen LogP contribution in [0, 0.1) is 0 Å². The molecule has 0 spiro atoms. The summed E-state index contributed by atoms with van der Waals surface area (Å²) in [5, 5.41) is 3.10. The fraction of sp³-hybridized carbons (Fsp3) is 0.538. The molecule has 2 rings (SSSR count). The van der Waals surface area contributed by atoms with E-state index < -0.39 is 27.5 Å². The lowest BCUT2D eigenvalue weighted by Gasteiger charge is -2.31. The van der Waals surface area contributed by atoms with Crippen LogP contribution in [0.4, 0.5) is 13.2 Å². The average molecular weight is 322 g/mol. The fourth-order valence-electron chi connectivity index (χ4n) is 2.36. The van der Waals surface area contributed by atoms with Crippen LogP contribution in [0.5, 0.6) is 0 Å². The summed E-state index contributed by atoms with van der Waals surface area (Å²) in [7, 11) is -3.76. The first-order valence-electron chi connectivity index (χ1n) is 6.56. The molecule has 0 saturated carbocycles. The minimum Gasteiger partial charge on any atom is -0.312 e. The summed E-state index contributed by atoms with van der Waals surface area (Å²) in [6, 6.07) is 4.79. The summed E-state index contributed by atoms with van der Waals surface area (Å²) < 4.78 is 64.6. The van der Waals surface area contributed by atoms with Crippen molar-refractivity contribution in [1.82, 2.24) is 9.62 Å². The van der Waals surface area contributed by atoms with Gasteiger partial charge in [-0.05, 0) is 18.6 Å². The summed E-state index contributed by atoms with van der Waals surface area (Å²) in [6.07, 6.45) is -4.55.